The lowest BCUT2D eigenvalue weighted by Crippen LogP contribution is -2.57. The van der Waals surface area contributed by atoms with E-state index in [-0.39, 0.29) is 5.75 Å². The molecule has 0 bridgehead atoms. The number of aliphatic imine (C=N–C) groups is 1. The van der Waals surface area contributed by atoms with Crippen LogP contribution < -0.4 is 5.32 Å². The molecule has 1 aliphatic rings. The summed E-state index contributed by atoms with van der Waals surface area (Å²) in [5.41, 5.74) is 0. The quantitative estimate of drug-likeness (QED) is 0.426. The van der Waals surface area contributed by atoms with Crippen molar-refractivity contribution in [3.05, 3.63) is 0 Å². The van der Waals surface area contributed by atoms with Crippen molar-refractivity contribution >= 4 is 15.8 Å². The maximum atomic E-state index is 12.1. The van der Waals surface area contributed by atoms with Crippen LogP contribution in [0.15, 0.2) is 4.99 Å². The Morgan fingerprint density at radius 1 is 1.26 bits per heavy atom. The largest absolute Gasteiger partial charge is 0.357 e. The molecular formula is C16H34N4O2S. The number of nitrogens with one attached hydrogen (secondary N) is 1. The lowest BCUT2D eigenvalue weighted by Gasteiger charge is -2.39. The molecule has 0 spiro atoms. The van der Waals surface area contributed by atoms with Crippen molar-refractivity contribution in [3.63, 3.8) is 0 Å². The van der Waals surface area contributed by atoms with Crippen LogP contribution in [0.1, 0.15) is 41.0 Å². The fraction of sp³-hybridized carbons (Fsp3) is 0.938. The number of guanidine groups is 1. The van der Waals surface area contributed by atoms with Crippen LogP contribution in [0.4, 0.5) is 0 Å². The molecule has 0 radical (unpaired) electrons. The monoisotopic (exact) mass is 346 g/mol. The number of nitrogens with zero attached hydrogens (tertiary/aromatic N) is 3. The summed E-state index contributed by atoms with van der Waals surface area (Å²) in [4.78, 5) is 9.17. The van der Waals surface area contributed by atoms with E-state index in [1.807, 2.05) is 6.92 Å². The molecule has 0 amide bonds. The lowest BCUT2D eigenvalue weighted by molar-refractivity contribution is 0.301. The van der Waals surface area contributed by atoms with E-state index in [1.165, 1.54) is 0 Å². The maximum absolute atomic E-state index is 12.1. The Hall–Kier alpha value is -0.820. The van der Waals surface area contributed by atoms with Crippen LogP contribution >= 0.6 is 0 Å². The summed E-state index contributed by atoms with van der Waals surface area (Å²) in [5.74, 6) is 1.04. The van der Waals surface area contributed by atoms with Gasteiger partial charge in [-0.2, -0.15) is 0 Å². The summed E-state index contributed by atoms with van der Waals surface area (Å²) in [5, 5.41) is 3.30. The lowest BCUT2D eigenvalue weighted by atomic mass is 10.2. The second kappa shape index (κ2) is 8.87. The van der Waals surface area contributed by atoms with E-state index in [0.717, 1.165) is 45.1 Å². The highest BCUT2D eigenvalue weighted by atomic mass is 32.2. The third kappa shape index (κ3) is 5.64. The van der Waals surface area contributed by atoms with Crippen LogP contribution in [0.2, 0.25) is 0 Å². The second-order valence-electron chi connectivity index (χ2n) is 6.62. The van der Waals surface area contributed by atoms with Gasteiger partial charge in [0.05, 0.1) is 10.5 Å². The van der Waals surface area contributed by atoms with Crippen LogP contribution in [0.3, 0.4) is 0 Å². The Morgan fingerprint density at radius 2 is 1.91 bits per heavy atom. The molecule has 1 rings (SSSR count). The first kappa shape index (κ1) is 20.2. The summed E-state index contributed by atoms with van der Waals surface area (Å²) in [6, 6.07) is 0. The molecule has 0 aliphatic carbocycles. The van der Waals surface area contributed by atoms with E-state index in [4.69, 9.17) is 4.99 Å². The molecular weight excluding hydrogens is 312 g/mol. The first-order chi connectivity index (χ1) is 10.8. The van der Waals surface area contributed by atoms with Gasteiger partial charge in [0.1, 0.15) is 0 Å². The zero-order valence-corrected chi connectivity index (χ0v) is 16.2. The molecule has 0 aromatic heterocycles. The van der Waals surface area contributed by atoms with E-state index in [9.17, 15) is 8.42 Å². The van der Waals surface area contributed by atoms with Crippen molar-refractivity contribution in [2.24, 2.45) is 4.99 Å². The highest BCUT2D eigenvalue weighted by molar-refractivity contribution is 7.92. The van der Waals surface area contributed by atoms with E-state index in [0.29, 0.717) is 13.1 Å². The minimum Gasteiger partial charge on any atom is -0.357 e. The zero-order chi connectivity index (χ0) is 17.5. The summed E-state index contributed by atoms with van der Waals surface area (Å²) >= 11 is 0. The third-order valence-electron chi connectivity index (χ3n) is 4.47. The Labute approximate surface area is 142 Å². The van der Waals surface area contributed by atoms with Crippen molar-refractivity contribution in [2.45, 2.75) is 45.8 Å². The molecule has 1 fully saturated rings. The summed E-state index contributed by atoms with van der Waals surface area (Å²) in [6.45, 7) is 15.8. The van der Waals surface area contributed by atoms with Gasteiger partial charge in [-0.25, -0.2) is 8.42 Å². The van der Waals surface area contributed by atoms with Crippen LogP contribution in [0.5, 0.6) is 0 Å². The summed E-state index contributed by atoms with van der Waals surface area (Å²) < 4.78 is 23.6. The number of hydrogen-bond acceptors (Lipinski definition) is 4. The number of rotatable bonds is 7. The molecule has 1 aliphatic heterocycles. The topological polar surface area (TPSA) is 65.0 Å². The first-order valence-corrected chi connectivity index (χ1v) is 10.4. The van der Waals surface area contributed by atoms with Gasteiger partial charge in [0.2, 0.25) is 0 Å². The van der Waals surface area contributed by atoms with Crippen molar-refractivity contribution in [1.82, 2.24) is 15.1 Å². The molecule has 23 heavy (non-hydrogen) atoms. The van der Waals surface area contributed by atoms with Gasteiger partial charge in [0.25, 0.3) is 0 Å². The van der Waals surface area contributed by atoms with Crippen LogP contribution in [-0.4, -0.2) is 80.5 Å². The standard InChI is InChI=1S/C16H34N4O2S/c1-6-17-15(18-10-9-11-19(7-2)8-3)20-12-13-23(21,22)16(4,5)14-20/h6-14H2,1-5H3,(H,17,18). The molecule has 7 heteroatoms. The minimum atomic E-state index is -3.02. The molecule has 0 saturated carbocycles. The highest BCUT2D eigenvalue weighted by Gasteiger charge is 2.40. The average Bonchev–Trinajstić information content (AvgIpc) is 2.49. The van der Waals surface area contributed by atoms with Crippen LogP contribution in [0, 0.1) is 0 Å². The molecule has 0 aromatic carbocycles. The molecule has 1 saturated heterocycles. The van der Waals surface area contributed by atoms with Gasteiger partial charge in [-0.15, -0.1) is 0 Å². The normalized spacial score (nSPS) is 20.8. The summed E-state index contributed by atoms with van der Waals surface area (Å²) in [6.07, 6.45) is 1.02. The Balaban J connectivity index is 2.66. The highest BCUT2D eigenvalue weighted by Crippen LogP contribution is 2.23. The van der Waals surface area contributed by atoms with Gasteiger partial charge in [-0.1, -0.05) is 13.8 Å². The van der Waals surface area contributed by atoms with E-state index in [1.54, 1.807) is 13.8 Å². The van der Waals surface area contributed by atoms with Gasteiger partial charge >= 0.3 is 0 Å². The smallest absolute Gasteiger partial charge is 0.193 e. The Kier molecular flexibility index (Phi) is 7.80. The van der Waals surface area contributed by atoms with Crippen LogP contribution in [-0.2, 0) is 9.84 Å². The third-order valence-corrected chi connectivity index (χ3v) is 7.00. The van der Waals surface area contributed by atoms with Gasteiger partial charge in [-0.3, -0.25) is 4.99 Å². The molecule has 0 aromatic rings. The van der Waals surface area contributed by atoms with Gasteiger partial charge in [0.15, 0.2) is 15.8 Å². The first-order valence-electron chi connectivity index (χ1n) is 8.75. The average molecular weight is 347 g/mol. The van der Waals surface area contributed by atoms with Crippen molar-refractivity contribution in [3.8, 4) is 0 Å². The molecule has 1 N–H and O–H groups in total. The minimum absolute atomic E-state index is 0.198. The SMILES string of the molecule is CCNC(=NCCCN(CC)CC)N1CCS(=O)(=O)C(C)(C)C1. The van der Waals surface area contributed by atoms with Gasteiger partial charge in [-0.05, 0) is 46.8 Å². The predicted molar refractivity (Wildman–Crippen MR) is 97.8 cm³/mol. The molecule has 136 valence electrons. The zero-order valence-electron chi connectivity index (χ0n) is 15.4. The molecule has 0 unspecified atom stereocenters. The van der Waals surface area contributed by atoms with E-state index < -0.39 is 14.6 Å². The number of sulfone groups is 1. The van der Waals surface area contributed by atoms with Crippen molar-refractivity contribution in [2.75, 3.05) is 51.6 Å². The van der Waals surface area contributed by atoms with Gasteiger partial charge in [0, 0.05) is 26.2 Å². The maximum Gasteiger partial charge on any atom is 0.193 e. The second-order valence-corrected chi connectivity index (χ2v) is 9.36. The summed E-state index contributed by atoms with van der Waals surface area (Å²) in [7, 11) is -3.02. The fourth-order valence-corrected chi connectivity index (χ4v) is 4.14. The predicted octanol–water partition coefficient (Wildman–Crippen LogP) is 1.19. The van der Waals surface area contributed by atoms with E-state index in [2.05, 4.69) is 29.0 Å². The molecule has 6 nitrogen and oxygen atoms in total. The van der Waals surface area contributed by atoms with Crippen molar-refractivity contribution < 1.29 is 8.42 Å². The Bertz CT molecular complexity index is 484. The van der Waals surface area contributed by atoms with E-state index >= 15 is 0 Å². The Morgan fingerprint density at radius 3 is 2.43 bits per heavy atom. The molecule has 1 heterocycles. The van der Waals surface area contributed by atoms with Crippen molar-refractivity contribution in [1.29, 1.82) is 0 Å². The van der Waals surface area contributed by atoms with Gasteiger partial charge < -0.3 is 15.1 Å². The van der Waals surface area contributed by atoms with Crippen LogP contribution in [0.25, 0.3) is 0 Å². The fourth-order valence-electron chi connectivity index (χ4n) is 2.77. The molecule has 0 atom stereocenters. The number of hydrogen-bond donors (Lipinski definition) is 1.